The van der Waals surface area contributed by atoms with Crippen LogP contribution in [0.3, 0.4) is 0 Å². The SMILES string of the molecule is Fc1cccc(SCc2nnc(C3CC3)n2C2CC2)c1. The van der Waals surface area contributed by atoms with Crippen molar-refractivity contribution in [3.8, 4) is 0 Å². The first-order valence-electron chi connectivity index (χ1n) is 7.13. The summed E-state index contributed by atoms with van der Waals surface area (Å²) in [7, 11) is 0. The maximum atomic E-state index is 13.2. The van der Waals surface area contributed by atoms with Gasteiger partial charge >= 0.3 is 0 Å². The standard InChI is InChI=1S/C15H16FN3S/c16-11-2-1-3-13(8-11)20-9-14-17-18-15(10-4-5-10)19(14)12-6-7-12/h1-3,8,10,12H,4-7,9H2. The molecule has 0 amide bonds. The van der Waals surface area contributed by atoms with E-state index in [4.69, 9.17) is 0 Å². The zero-order chi connectivity index (χ0) is 13.5. The average molecular weight is 289 g/mol. The average Bonchev–Trinajstić information content (AvgIpc) is 3.35. The third-order valence-corrected chi connectivity index (χ3v) is 4.80. The van der Waals surface area contributed by atoms with Crippen LogP contribution in [0.15, 0.2) is 29.2 Å². The molecule has 0 saturated heterocycles. The fourth-order valence-electron chi connectivity index (χ4n) is 2.49. The molecule has 0 atom stereocenters. The van der Waals surface area contributed by atoms with Crippen LogP contribution in [0, 0.1) is 5.82 Å². The molecular weight excluding hydrogens is 273 g/mol. The highest BCUT2D eigenvalue weighted by molar-refractivity contribution is 7.98. The van der Waals surface area contributed by atoms with Gasteiger partial charge in [-0.1, -0.05) is 6.07 Å². The van der Waals surface area contributed by atoms with Crippen LogP contribution < -0.4 is 0 Å². The van der Waals surface area contributed by atoms with Gasteiger partial charge in [-0.2, -0.15) is 0 Å². The van der Waals surface area contributed by atoms with E-state index in [1.807, 2.05) is 6.07 Å². The lowest BCUT2D eigenvalue weighted by Gasteiger charge is -2.08. The van der Waals surface area contributed by atoms with Gasteiger partial charge in [0.15, 0.2) is 0 Å². The molecule has 2 aliphatic rings. The molecule has 0 bridgehead atoms. The van der Waals surface area contributed by atoms with E-state index in [-0.39, 0.29) is 5.82 Å². The van der Waals surface area contributed by atoms with E-state index in [9.17, 15) is 4.39 Å². The van der Waals surface area contributed by atoms with Crippen LogP contribution >= 0.6 is 11.8 Å². The number of hydrogen-bond acceptors (Lipinski definition) is 3. The maximum absolute atomic E-state index is 13.2. The molecule has 5 heteroatoms. The summed E-state index contributed by atoms with van der Waals surface area (Å²) >= 11 is 1.63. The normalized spacial score (nSPS) is 18.4. The Kier molecular flexibility index (Phi) is 3.02. The Morgan fingerprint density at radius 1 is 1.20 bits per heavy atom. The van der Waals surface area contributed by atoms with Crippen molar-refractivity contribution in [1.29, 1.82) is 0 Å². The fourth-order valence-corrected chi connectivity index (χ4v) is 3.35. The van der Waals surface area contributed by atoms with E-state index >= 15 is 0 Å². The third-order valence-electron chi connectivity index (χ3n) is 3.81. The van der Waals surface area contributed by atoms with Crippen molar-refractivity contribution in [3.05, 3.63) is 41.7 Å². The molecule has 20 heavy (non-hydrogen) atoms. The lowest BCUT2D eigenvalue weighted by molar-refractivity contribution is 0.624. The lowest BCUT2D eigenvalue weighted by atomic mass is 10.3. The van der Waals surface area contributed by atoms with Crippen molar-refractivity contribution in [2.75, 3.05) is 0 Å². The Labute approximate surface area is 121 Å². The van der Waals surface area contributed by atoms with Crippen LogP contribution in [0.5, 0.6) is 0 Å². The van der Waals surface area contributed by atoms with Gasteiger partial charge in [0.1, 0.15) is 17.5 Å². The van der Waals surface area contributed by atoms with Gasteiger partial charge < -0.3 is 4.57 Å². The van der Waals surface area contributed by atoms with Crippen molar-refractivity contribution in [1.82, 2.24) is 14.8 Å². The summed E-state index contributed by atoms with van der Waals surface area (Å²) in [6, 6.07) is 7.35. The van der Waals surface area contributed by atoms with Gasteiger partial charge in [-0.15, -0.1) is 22.0 Å². The van der Waals surface area contributed by atoms with Crippen LogP contribution in [-0.2, 0) is 5.75 Å². The molecule has 1 aromatic carbocycles. The minimum absolute atomic E-state index is 0.183. The molecular formula is C15H16FN3S. The van der Waals surface area contributed by atoms with Gasteiger partial charge in [0, 0.05) is 16.9 Å². The van der Waals surface area contributed by atoms with Gasteiger partial charge in [-0.05, 0) is 43.9 Å². The van der Waals surface area contributed by atoms with E-state index in [0.717, 1.165) is 16.5 Å². The topological polar surface area (TPSA) is 30.7 Å². The molecule has 1 heterocycles. The molecule has 4 rings (SSSR count). The van der Waals surface area contributed by atoms with Crippen LogP contribution in [0.1, 0.15) is 49.3 Å². The Hall–Kier alpha value is -1.36. The van der Waals surface area contributed by atoms with Crippen LogP contribution in [0.2, 0.25) is 0 Å². The zero-order valence-corrected chi connectivity index (χ0v) is 11.9. The Bertz CT molecular complexity index is 632. The molecule has 2 aromatic rings. The number of aromatic nitrogens is 3. The highest BCUT2D eigenvalue weighted by Crippen LogP contribution is 2.45. The van der Waals surface area contributed by atoms with Crippen molar-refractivity contribution in [3.63, 3.8) is 0 Å². The maximum Gasteiger partial charge on any atom is 0.143 e. The van der Waals surface area contributed by atoms with E-state index in [1.54, 1.807) is 23.9 Å². The summed E-state index contributed by atoms with van der Waals surface area (Å²) in [4.78, 5) is 0.948. The summed E-state index contributed by atoms with van der Waals surface area (Å²) in [6.07, 6.45) is 4.99. The monoisotopic (exact) mass is 289 g/mol. The van der Waals surface area contributed by atoms with Crippen molar-refractivity contribution in [2.45, 2.75) is 48.3 Å². The number of benzene rings is 1. The zero-order valence-electron chi connectivity index (χ0n) is 11.1. The van der Waals surface area contributed by atoms with E-state index < -0.39 is 0 Å². The van der Waals surface area contributed by atoms with Gasteiger partial charge in [-0.3, -0.25) is 0 Å². The molecule has 0 aliphatic heterocycles. The molecule has 1 aromatic heterocycles. The lowest BCUT2D eigenvalue weighted by Crippen LogP contribution is -2.04. The van der Waals surface area contributed by atoms with Gasteiger partial charge in [0.05, 0.1) is 5.75 Å². The number of nitrogens with zero attached hydrogens (tertiary/aromatic N) is 3. The summed E-state index contributed by atoms with van der Waals surface area (Å²) < 4.78 is 15.5. The first kappa shape index (κ1) is 12.4. The Morgan fingerprint density at radius 2 is 2.05 bits per heavy atom. The Balaban J connectivity index is 1.53. The van der Waals surface area contributed by atoms with Crippen molar-refractivity contribution >= 4 is 11.8 Å². The smallest absolute Gasteiger partial charge is 0.143 e. The summed E-state index contributed by atoms with van der Waals surface area (Å²) in [5, 5.41) is 8.77. The number of rotatable bonds is 5. The van der Waals surface area contributed by atoms with Crippen molar-refractivity contribution < 1.29 is 4.39 Å². The molecule has 2 fully saturated rings. The quantitative estimate of drug-likeness (QED) is 0.782. The highest BCUT2D eigenvalue weighted by Gasteiger charge is 2.36. The fraction of sp³-hybridized carbons (Fsp3) is 0.467. The Morgan fingerprint density at radius 3 is 2.75 bits per heavy atom. The highest BCUT2D eigenvalue weighted by atomic mass is 32.2. The summed E-state index contributed by atoms with van der Waals surface area (Å²) in [5.41, 5.74) is 0. The third kappa shape index (κ3) is 2.46. The van der Waals surface area contributed by atoms with Crippen LogP contribution in [0.4, 0.5) is 4.39 Å². The largest absolute Gasteiger partial charge is 0.311 e. The second kappa shape index (κ2) is 4.88. The molecule has 2 saturated carbocycles. The second-order valence-electron chi connectivity index (χ2n) is 5.60. The molecule has 104 valence electrons. The minimum Gasteiger partial charge on any atom is -0.311 e. The first-order chi connectivity index (χ1) is 9.81. The molecule has 0 radical (unpaired) electrons. The number of hydrogen-bond donors (Lipinski definition) is 0. The molecule has 0 N–H and O–H groups in total. The molecule has 2 aliphatic carbocycles. The van der Waals surface area contributed by atoms with Gasteiger partial charge in [0.2, 0.25) is 0 Å². The predicted molar refractivity (Wildman–Crippen MR) is 76.2 cm³/mol. The number of thioether (sulfide) groups is 1. The van der Waals surface area contributed by atoms with Gasteiger partial charge in [0.25, 0.3) is 0 Å². The summed E-state index contributed by atoms with van der Waals surface area (Å²) in [5.74, 6) is 3.44. The van der Waals surface area contributed by atoms with E-state index in [2.05, 4.69) is 14.8 Å². The van der Waals surface area contributed by atoms with Crippen LogP contribution in [-0.4, -0.2) is 14.8 Å². The first-order valence-corrected chi connectivity index (χ1v) is 8.12. The number of halogens is 1. The minimum atomic E-state index is -0.183. The van der Waals surface area contributed by atoms with Crippen LogP contribution in [0.25, 0.3) is 0 Å². The second-order valence-corrected chi connectivity index (χ2v) is 6.64. The summed E-state index contributed by atoms with van der Waals surface area (Å²) in [6.45, 7) is 0. The van der Waals surface area contributed by atoms with Crippen molar-refractivity contribution in [2.24, 2.45) is 0 Å². The van der Waals surface area contributed by atoms with E-state index in [0.29, 0.717) is 12.0 Å². The predicted octanol–water partition coefficient (Wildman–Crippen LogP) is 3.92. The molecule has 0 unspecified atom stereocenters. The molecule has 3 nitrogen and oxygen atoms in total. The van der Waals surface area contributed by atoms with Gasteiger partial charge in [-0.25, -0.2) is 4.39 Å². The molecule has 0 spiro atoms. The van der Waals surface area contributed by atoms with E-state index in [1.165, 1.54) is 37.6 Å².